The van der Waals surface area contributed by atoms with E-state index in [9.17, 15) is 33.7 Å². The summed E-state index contributed by atoms with van der Waals surface area (Å²) in [6.07, 6.45) is 2.99. The van der Waals surface area contributed by atoms with Gasteiger partial charge in [0.15, 0.2) is 0 Å². The van der Waals surface area contributed by atoms with Crippen LogP contribution in [0.1, 0.15) is 38.7 Å². The Labute approximate surface area is 231 Å². The molecule has 2 fully saturated rings. The molecule has 1 unspecified atom stereocenters. The number of hydrogen-bond donors (Lipinski definition) is 3. The van der Waals surface area contributed by atoms with Crippen LogP contribution in [-0.2, 0) is 16.0 Å². The van der Waals surface area contributed by atoms with Gasteiger partial charge in [-0.25, -0.2) is 13.6 Å². The second-order valence-corrected chi connectivity index (χ2v) is 10.9. The summed E-state index contributed by atoms with van der Waals surface area (Å²) in [6.45, 7) is 3.26. The number of para-hydroxylation sites is 1. The van der Waals surface area contributed by atoms with E-state index < -0.39 is 49.1 Å². The fraction of sp³-hybridized carbons (Fsp3) is 0.519. The highest BCUT2D eigenvalue weighted by atomic mass is 19.3. The summed E-state index contributed by atoms with van der Waals surface area (Å²) in [5, 5.41) is 32.6. The molecule has 1 aromatic carbocycles. The van der Waals surface area contributed by atoms with E-state index in [-0.39, 0.29) is 31.6 Å². The molecule has 10 nitrogen and oxygen atoms in total. The monoisotopic (exact) mass is 558 g/mol. The summed E-state index contributed by atoms with van der Waals surface area (Å²) >= 11 is 0. The third-order valence-electron chi connectivity index (χ3n) is 7.54. The highest BCUT2D eigenvalue weighted by Gasteiger charge is 2.43. The van der Waals surface area contributed by atoms with Gasteiger partial charge in [-0.05, 0) is 50.8 Å². The molecule has 2 aliphatic rings. The zero-order valence-corrected chi connectivity index (χ0v) is 22.5. The normalized spacial score (nSPS) is 20.4. The lowest BCUT2D eigenvalue weighted by atomic mass is 9.76. The maximum atomic E-state index is 13.7. The van der Waals surface area contributed by atoms with Crippen LogP contribution in [0.3, 0.4) is 0 Å². The number of nitriles is 1. The first-order chi connectivity index (χ1) is 18.9. The smallest absolute Gasteiger partial charge is 0.464 e. The Morgan fingerprint density at radius 1 is 1.35 bits per heavy atom. The summed E-state index contributed by atoms with van der Waals surface area (Å²) in [5.74, 6) is -4.44. The van der Waals surface area contributed by atoms with Crippen LogP contribution in [0, 0.1) is 11.3 Å². The number of amides is 2. The highest BCUT2D eigenvalue weighted by Crippen LogP contribution is 2.33. The van der Waals surface area contributed by atoms with Crippen molar-refractivity contribution in [3.05, 3.63) is 47.7 Å². The molecule has 0 radical (unpaired) electrons. The molecule has 3 N–H and O–H groups in total. The Bertz CT molecular complexity index is 1310. The van der Waals surface area contributed by atoms with Gasteiger partial charge in [0.2, 0.25) is 0 Å². The number of alkyl carbamates (subject to hydrolysis) is 1. The van der Waals surface area contributed by atoms with Gasteiger partial charge in [0.25, 0.3) is 11.8 Å². The predicted octanol–water partition coefficient (Wildman–Crippen LogP) is 2.64. The zero-order chi connectivity index (χ0) is 29.1. The van der Waals surface area contributed by atoms with E-state index >= 15 is 0 Å². The average molecular weight is 558 g/mol. The number of nitrogens with one attached hydrogen (secondary N) is 1. The lowest BCUT2D eigenvalue weighted by molar-refractivity contribution is -0.128. The molecule has 2 saturated heterocycles. The highest BCUT2D eigenvalue weighted by molar-refractivity contribution is 6.43. The predicted molar refractivity (Wildman–Crippen MR) is 142 cm³/mol. The first-order valence-corrected chi connectivity index (χ1v) is 13.2. The van der Waals surface area contributed by atoms with Gasteiger partial charge < -0.3 is 29.4 Å². The Morgan fingerprint density at radius 2 is 2.10 bits per heavy atom. The van der Waals surface area contributed by atoms with Gasteiger partial charge in [0.1, 0.15) is 23.8 Å². The molecule has 2 aliphatic heterocycles. The summed E-state index contributed by atoms with van der Waals surface area (Å²) < 4.78 is 38.3. The molecule has 4 rings (SSSR count). The molecule has 0 bridgehead atoms. The molecule has 0 spiro atoms. The van der Waals surface area contributed by atoms with Crippen LogP contribution in [0.5, 0.6) is 0 Å². The molecular weight excluding hydrogens is 525 g/mol. The average Bonchev–Trinajstić information content (AvgIpc) is 3.64. The Hall–Kier alpha value is -3.47. The number of nitrogens with zero attached hydrogens (tertiary/aromatic N) is 3. The van der Waals surface area contributed by atoms with Crippen LogP contribution >= 0.6 is 0 Å². The van der Waals surface area contributed by atoms with E-state index in [2.05, 4.69) is 5.32 Å². The Kier molecular flexibility index (Phi) is 8.82. The molecule has 0 saturated carbocycles. The van der Waals surface area contributed by atoms with Crippen molar-refractivity contribution in [1.29, 1.82) is 5.26 Å². The quantitative estimate of drug-likeness (QED) is 0.243. The topological polar surface area (TPSA) is 139 Å². The standard InChI is InChI=1S/C27H33BF2N4O6/c1-26(2,33-11-9-27(29,30)17-33)13-19(14-31)24(35)34-10-5-6-20(34)16-40-25(36)32-23(28(37)38)12-18-15-39-22-8-4-3-7-21(18)22/h3-4,7-8,13,15,20,23,37-38H,5-6,9-12,16-17H2,1-2H3,(H,32,36)/t20?,23-/m0/s1. The summed E-state index contributed by atoms with van der Waals surface area (Å²) in [5.41, 5.74) is 0.210. The molecular formula is C27H33BF2N4O6. The summed E-state index contributed by atoms with van der Waals surface area (Å²) in [7, 11) is -1.87. The van der Waals surface area contributed by atoms with E-state index in [1.807, 2.05) is 24.3 Å². The Balaban J connectivity index is 1.35. The number of likely N-dealkylation sites (tertiary alicyclic amines) is 2. The number of rotatable bonds is 9. The third-order valence-corrected chi connectivity index (χ3v) is 7.54. The molecule has 2 atom stereocenters. The van der Waals surface area contributed by atoms with Crippen LogP contribution in [0.15, 0.2) is 46.6 Å². The SMILES string of the molecule is CC(C)(C=C(C#N)C(=O)N1CCCC1COC(=O)N[C@@H](Cc1coc2ccccc12)B(O)O)N1CCC(F)(F)C1. The summed E-state index contributed by atoms with van der Waals surface area (Å²) in [6, 6.07) is 8.64. The van der Waals surface area contributed by atoms with Gasteiger partial charge in [-0.3, -0.25) is 9.69 Å². The van der Waals surface area contributed by atoms with E-state index in [0.717, 1.165) is 5.39 Å². The largest absolute Gasteiger partial charge is 0.475 e. The molecule has 40 heavy (non-hydrogen) atoms. The van der Waals surface area contributed by atoms with Crippen LogP contribution in [-0.4, -0.2) is 88.7 Å². The number of hydrogen-bond acceptors (Lipinski definition) is 8. The number of alkyl halides is 2. The van der Waals surface area contributed by atoms with Gasteiger partial charge in [0.05, 0.1) is 24.8 Å². The fourth-order valence-corrected chi connectivity index (χ4v) is 5.27. The first-order valence-electron chi connectivity index (χ1n) is 13.2. The number of ether oxygens (including phenoxy) is 1. The molecule has 1 aromatic heterocycles. The van der Waals surface area contributed by atoms with E-state index in [1.165, 1.54) is 17.2 Å². The lowest BCUT2D eigenvalue weighted by Gasteiger charge is -2.33. The number of furan rings is 1. The van der Waals surface area contributed by atoms with Crippen molar-refractivity contribution < 1.29 is 37.6 Å². The van der Waals surface area contributed by atoms with Crippen molar-refractivity contribution in [3.8, 4) is 6.07 Å². The van der Waals surface area contributed by atoms with Crippen molar-refractivity contribution >= 4 is 30.1 Å². The van der Waals surface area contributed by atoms with E-state index in [0.29, 0.717) is 30.5 Å². The number of carbonyl (C=O) groups excluding carboxylic acids is 2. The fourth-order valence-electron chi connectivity index (χ4n) is 5.27. The van der Waals surface area contributed by atoms with Gasteiger partial charge in [-0.15, -0.1) is 0 Å². The third kappa shape index (κ3) is 6.81. The molecule has 214 valence electrons. The van der Waals surface area contributed by atoms with Gasteiger partial charge >= 0.3 is 13.2 Å². The number of halogens is 2. The molecule has 0 aliphatic carbocycles. The minimum absolute atomic E-state index is 0.0763. The van der Waals surface area contributed by atoms with Crippen molar-refractivity contribution in [2.45, 2.75) is 63.0 Å². The zero-order valence-electron chi connectivity index (χ0n) is 22.5. The van der Waals surface area contributed by atoms with Crippen molar-refractivity contribution in [3.63, 3.8) is 0 Å². The van der Waals surface area contributed by atoms with Gasteiger partial charge in [-0.2, -0.15) is 5.26 Å². The molecule has 2 amide bonds. The van der Waals surface area contributed by atoms with Crippen molar-refractivity contribution in [2.24, 2.45) is 0 Å². The van der Waals surface area contributed by atoms with Crippen molar-refractivity contribution in [1.82, 2.24) is 15.1 Å². The van der Waals surface area contributed by atoms with Crippen LogP contribution in [0.25, 0.3) is 11.0 Å². The second-order valence-electron chi connectivity index (χ2n) is 10.9. The van der Waals surface area contributed by atoms with E-state index in [1.54, 1.807) is 24.8 Å². The minimum Gasteiger partial charge on any atom is -0.464 e. The molecule has 13 heteroatoms. The minimum atomic E-state index is -2.81. The van der Waals surface area contributed by atoms with Gasteiger partial charge in [-0.1, -0.05) is 18.2 Å². The maximum Gasteiger partial charge on any atom is 0.475 e. The lowest BCUT2D eigenvalue weighted by Crippen LogP contribution is -2.49. The first kappa shape index (κ1) is 29.5. The summed E-state index contributed by atoms with van der Waals surface area (Å²) in [4.78, 5) is 28.8. The second kappa shape index (κ2) is 12.0. The van der Waals surface area contributed by atoms with Crippen LogP contribution in [0.4, 0.5) is 13.6 Å². The number of benzene rings is 1. The number of fused-ring (bicyclic) bond motifs is 1. The van der Waals surface area contributed by atoms with Crippen LogP contribution in [0.2, 0.25) is 0 Å². The maximum absolute atomic E-state index is 13.7. The van der Waals surface area contributed by atoms with Crippen molar-refractivity contribution in [2.75, 3.05) is 26.2 Å². The van der Waals surface area contributed by atoms with Crippen LogP contribution < -0.4 is 5.32 Å². The van der Waals surface area contributed by atoms with E-state index in [4.69, 9.17) is 9.15 Å². The molecule has 2 aromatic rings. The number of carbonyl (C=O) groups is 2. The Morgan fingerprint density at radius 3 is 2.77 bits per heavy atom. The molecule has 3 heterocycles. The van der Waals surface area contributed by atoms with Gasteiger partial charge in [0, 0.05) is 30.4 Å².